The standard InChI is InChI=1S/C18H17N5OS/c24-17(22-18-19-7-8-25-18)12-9-11-5-6-15(12)23(11)16-10-20-13-3-1-2-4-14(13)21-16/h1-4,7-8,10-12,15H,5-6,9H2,(H,19,22,24). The zero-order valence-electron chi connectivity index (χ0n) is 13.5. The van der Waals surface area contributed by atoms with Crippen molar-refractivity contribution in [3.8, 4) is 0 Å². The lowest BCUT2D eigenvalue weighted by Gasteiger charge is -2.24. The predicted octanol–water partition coefficient (Wildman–Crippen LogP) is 3.08. The molecule has 0 aliphatic carbocycles. The Morgan fingerprint density at radius 1 is 1.20 bits per heavy atom. The van der Waals surface area contributed by atoms with Gasteiger partial charge in [-0.3, -0.25) is 9.78 Å². The van der Waals surface area contributed by atoms with Gasteiger partial charge >= 0.3 is 0 Å². The number of carbonyl (C=O) groups excluding carboxylic acids is 1. The van der Waals surface area contributed by atoms with E-state index in [-0.39, 0.29) is 17.9 Å². The second kappa shape index (κ2) is 5.77. The van der Waals surface area contributed by atoms with E-state index in [4.69, 9.17) is 4.98 Å². The fraction of sp³-hybridized carbons (Fsp3) is 0.333. The third-order valence-corrected chi connectivity index (χ3v) is 5.92. The Labute approximate surface area is 148 Å². The molecule has 2 aliphatic rings. The molecule has 0 saturated carbocycles. The summed E-state index contributed by atoms with van der Waals surface area (Å²) >= 11 is 1.45. The lowest BCUT2D eigenvalue weighted by Crippen LogP contribution is -2.35. The van der Waals surface area contributed by atoms with Crippen LogP contribution in [-0.4, -0.2) is 32.9 Å². The molecule has 1 amide bonds. The summed E-state index contributed by atoms with van der Waals surface area (Å²) in [5.41, 5.74) is 1.80. The summed E-state index contributed by atoms with van der Waals surface area (Å²) in [6.45, 7) is 0. The Kier molecular flexibility index (Phi) is 3.41. The lowest BCUT2D eigenvalue weighted by atomic mass is 9.88. The van der Waals surface area contributed by atoms with Crippen LogP contribution in [0.15, 0.2) is 42.0 Å². The Balaban J connectivity index is 1.42. The first-order valence-electron chi connectivity index (χ1n) is 8.50. The molecule has 3 aromatic rings. The van der Waals surface area contributed by atoms with Gasteiger partial charge in [-0.05, 0) is 31.4 Å². The quantitative estimate of drug-likeness (QED) is 0.785. The number of rotatable bonds is 3. The molecule has 1 N–H and O–H groups in total. The fourth-order valence-electron chi connectivity index (χ4n) is 4.18. The molecule has 6 nitrogen and oxygen atoms in total. The molecule has 3 atom stereocenters. The molecular weight excluding hydrogens is 334 g/mol. The van der Waals surface area contributed by atoms with E-state index in [0.717, 1.165) is 36.1 Å². The van der Waals surface area contributed by atoms with Crippen LogP contribution in [0.25, 0.3) is 11.0 Å². The fourth-order valence-corrected chi connectivity index (χ4v) is 4.71. The van der Waals surface area contributed by atoms with Gasteiger partial charge in [0.05, 0.1) is 23.1 Å². The van der Waals surface area contributed by atoms with Crippen molar-refractivity contribution < 1.29 is 4.79 Å². The average Bonchev–Trinajstić information content (AvgIpc) is 3.37. The SMILES string of the molecule is O=C(Nc1nccs1)C1CC2CCC1N2c1cnc2ccccc2n1. The minimum Gasteiger partial charge on any atom is -0.349 e. The molecule has 126 valence electrons. The van der Waals surface area contributed by atoms with Gasteiger partial charge in [0.2, 0.25) is 5.91 Å². The topological polar surface area (TPSA) is 71.0 Å². The van der Waals surface area contributed by atoms with Crippen molar-refractivity contribution in [3.05, 3.63) is 42.0 Å². The maximum atomic E-state index is 12.7. The number of benzene rings is 1. The molecule has 2 aromatic heterocycles. The van der Waals surface area contributed by atoms with E-state index in [0.29, 0.717) is 11.2 Å². The average molecular weight is 351 g/mol. The summed E-state index contributed by atoms with van der Waals surface area (Å²) in [5, 5.41) is 5.50. The number of carbonyl (C=O) groups is 1. The van der Waals surface area contributed by atoms with Crippen LogP contribution in [0.4, 0.5) is 10.9 Å². The van der Waals surface area contributed by atoms with E-state index in [1.165, 1.54) is 11.3 Å². The number of nitrogens with one attached hydrogen (secondary N) is 1. The van der Waals surface area contributed by atoms with Crippen LogP contribution < -0.4 is 10.2 Å². The van der Waals surface area contributed by atoms with Gasteiger partial charge in [0.1, 0.15) is 5.82 Å². The van der Waals surface area contributed by atoms with Crippen molar-refractivity contribution in [1.29, 1.82) is 0 Å². The van der Waals surface area contributed by atoms with E-state index in [1.807, 2.05) is 35.8 Å². The molecular formula is C18H17N5OS. The van der Waals surface area contributed by atoms with Crippen LogP contribution in [0.3, 0.4) is 0 Å². The van der Waals surface area contributed by atoms with Crippen molar-refractivity contribution in [3.63, 3.8) is 0 Å². The third-order valence-electron chi connectivity index (χ3n) is 5.24. The summed E-state index contributed by atoms with van der Waals surface area (Å²) in [6.07, 6.45) is 6.55. The molecule has 3 unspecified atom stereocenters. The number of amides is 1. The third kappa shape index (κ3) is 2.46. The molecule has 4 heterocycles. The number of hydrogen-bond donors (Lipinski definition) is 1. The van der Waals surface area contributed by atoms with Crippen LogP contribution in [0, 0.1) is 5.92 Å². The highest BCUT2D eigenvalue weighted by Crippen LogP contribution is 2.44. The van der Waals surface area contributed by atoms with E-state index >= 15 is 0 Å². The monoisotopic (exact) mass is 351 g/mol. The predicted molar refractivity (Wildman–Crippen MR) is 97.7 cm³/mol. The van der Waals surface area contributed by atoms with Gasteiger partial charge in [0.25, 0.3) is 0 Å². The van der Waals surface area contributed by atoms with E-state index in [1.54, 1.807) is 6.20 Å². The number of para-hydroxylation sites is 2. The van der Waals surface area contributed by atoms with Gasteiger partial charge in [-0.1, -0.05) is 12.1 Å². The lowest BCUT2D eigenvalue weighted by molar-refractivity contribution is -0.120. The van der Waals surface area contributed by atoms with Crippen molar-refractivity contribution in [2.75, 3.05) is 10.2 Å². The van der Waals surface area contributed by atoms with E-state index in [2.05, 4.69) is 20.2 Å². The number of hydrogen-bond acceptors (Lipinski definition) is 6. The Hall–Kier alpha value is -2.54. The van der Waals surface area contributed by atoms with Crippen LogP contribution in [0.2, 0.25) is 0 Å². The first kappa shape index (κ1) is 14.8. The molecule has 25 heavy (non-hydrogen) atoms. The number of thiazole rings is 1. The van der Waals surface area contributed by atoms with Crippen molar-refractivity contribution in [2.24, 2.45) is 5.92 Å². The van der Waals surface area contributed by atoms with Crippen molar-refractivity contribution >= 4 is 39.2 Å². The molecule has 0 spiro atoms. The normalized spacial score (nSPS) is 24.8. The van der Waals surface area contributed by atoms with Gasteiger partial charge in [-0.15, -0.1) is 11.3 Å². The number of aromatic nitrogens is 3. The first-order chi connectivity index (χ1) is 12.3. The van der Waals surface area contributed by atoms with Gasteiger partial charge in [-0.25, -0.2) is 9.97 Å². The first-order valence-corrected chi connectivity index (χ1v) is 9.38. The number of anilines is 2. The molecule has 1 aromatic carbocycles. The largest absolute Gasteiger partial charge is 0.349 e. The van der Waals surface area contributed by atoms with Gasteiger partial charge < -0.3 is 10.2 Å². The van der Waals surface area contributed by atoms with Gasteiger partial charge in [-0.2, -0.15) is 0 Å². The van der Waals surface area contributed by atoms with Gasteiger partial charge in [0.15, 0.2) is 5.13 Å². The highest BCUT2D eigenvalue weighted by Gasteiger charge is 2.49. The highest BCUT2D eigenvalue weighted by molar-refractivity contribution is 7.13. The summed E-state index contributed by atoms with van der Waals surface area (Å²) in [6, 6.07) is 8.46. The second-order valence-corrected chi connectivity index (χ2v) is 7.49. The molecule has 5 rings (SSSR count). The van der Waals surface area contributed by atoms with Crippen LogP contribution >= 0.6 is 11.3 Å². The van der Waals surface area contributed by atoms with Crippen LogP contribution in [0.1, 0.15) is 19.3 Å². The minimum absolute atomic E-state index is 0.0177. The maximum Gasteiger partial charge on any atom is 0.231 e. The van der Waals surface area contributed by atoms with Crippen molar-refractivity contribution in [1.82, 2.24) is 15.0 Å². The summed E-state index contributed by atoms with van der Waals surface area (Å²) in [4.78, 5) is 28.5. The Morgan fingerprint density at radius 3 is 2.92 bits per heavy atom. The Bertz CT molecular complexity index is 928. The van der Waals surface area contributed by atoms with Crippen molar-refractivity contribution in [2.45, 2.75) is 31.3 Å². The molecule has 2 aliphatic heterocycles. The molecule has 2 fully saturated rings. The second-order valence-electron chi connectivity index (χ2n) is 6.59. The van der Waals surface area contributed by atoms with Crippen LogP contribution in [0.5, 0.6) is 0 Å². The summed E-state index contributed by atoms with van der Waals surface area (Å²) in [5.74, 6) is 0.938. The van der Waals surface area contributed by atoms with Gasteiger partial charge in [0, 0.05) is 23.7 Å². The summed E-state index contributed by atoms with van der Waals surface area (Å²) in [7, 11) is 0. The number of nitrogens with zero attached hydrogens (tertiary/aromatic N) is 4. The zero-order valence-corrected chi connectivity index (χ0v) is 14.3. The molecule has 0 radical (unpaired) electrons. The molecule has 7 heteroatoms. The smallest absolute Gasteiger partial charge is 0.231 e. The maximum absolute atomic E-state index is 12.7. The van der Waals surface area contributed by atoms with E-state index in [9.17, 15) is 4.79 Å². The van der Waals surface area contributed by atoms with Crippen LogP contribution in [-0.2, 0) is 4.79 Å². The highest BCUT2D eigenvalue weighted by atomic mass is 32.1. The Morgan fingerprint density at radius 2 is 2.08 bits per heavy atom. The zero-order chi connectivity index (χ0) is 16.8. The molecule has 2 saturated heterocycles. The minimum atomic E-state index is -0.0177. The number of fused-ring (bicyclic) bond motifs is 3. The summed E-state index contributed by atoms with van der Waals surface area (Å²) < 4.78 is 0. The van der Waals surface area contributed by atoms with E-state index < -0.39 is 0 Å². The molecule has 2 bridgehead atoms.